The first-order valence-corrected chi connectivity index (χ1v) is 9.57. The summed E-state index contributed by atoms with van der Waals surface area (Å²) in [5, 5.41) is 1.49. The summed E-state index contributed by atoms with van der Waals surface area (Å²) in [5.41, 5.74) is 0.645. The lowest BCUT2D eigenvalue weighted by Gasteiger charge is -2.21. The number of hydrogen-bond donors (Lipinski definition) is 0. The van der Waals surface area contributed by atoms with Crippen LogP contribution < -0.4 is 4.90 Å². The summed E-state index contributed by atoms with van der Waals surface area (Å²) in [4.78, 5) is 6.59. The van der Waals surface area contributed by atoms with Gasteiger partial charge in [0.2, 0.25) is 0 Å². The monoisotopic (exact) mass is 358 g/mol. The fourth-order valence-electron chi connectivity index (χ4n) is 2.59. The Balaban J connectivity index is 1.98. The molecule has 118 valence electrons. The summed E-state index contributed by atoms with van der Waals surface area (Å²) in [7, 11) is -3.01. The van der Waals surface area contributed by atoms with Crippen molar-refractivity contribution in [2.75, 3.05) is 23.7 Å². The van der Waals surface area contributed by atoms with Crippen LogP contribution in [0.2, 0.25) is 10.0 Å². The minimum Gasteiger partial charge on any atom is -0.356 e. The molecule has 0 amide bonds. The van der Waals surface area contributed by atoms with Gasteiger partial charge in [-0.3, -0.25) is 0 Å². The van der Waals surface area contributed by atoms with Gasteiger partial charge >= 0.3 is 0 Å². The first-order chi connectivity index (χ1) is 10.4. The fourth-order valence-corrected chi connectivity index (χ4v) is 4.30. The molecule has 1 saturated heterocycles. The quantitative estimate of drug-likeness (QED) is 0.781. The number of benzene rings is 1. The van der Waals surface area contributed by atoms with Gasteiger partial charge < -0.3 is 4.90 Å². The van der Waals surface area contributed by atoms with E-state index in [1.807, 2.05) is 23.1 Å². The lowest BCUT2D eigenvalue weighted by molar-refractivity contribution is 0.584. The molecule has 2 heterocycles. The average Bonchev–Trinajstić information content (AvgIpc) is 2.63. The number of fused-ring (bicyclic) bond motifs is 1. The molecule has 1 atom stereocenters. The maximum absolute atomic E-state index is 12.0. The molecule has 0 radical (unpaired) electrons. The van der Waals surface area contributed by atoms with Crippen LogP contribution in [0.25, 0.3) is 10.9 Å². The van der Waals surface area contributed by atoms with Gasteiger partial charge in [0.15, 0.2) is 9.84 Å². The third kappa shape index (κ3) is 2.90. The molecular weight excluding hydrogens is 343 g/mol. The van der Waals surface area contributed by atoms with Crippen LogP contribution in [0.3, 0.4) is 0 Å². The van der Waals surface area contributed by atoms with Gasteiger partial charge in [0.25, 0.3) is 0 Å². The van der Waals surface area contributed by atoms with E-state index >= 15 is 0 Å². The van der Waals surface area contributed by atoms with Crippen molar-refractivity contribution >= 4 is 49.8 Å². The van der Waals surface area contributed by atoms with Gasteiger partial charge in [-0.05, 0) is 31.5 Å². The number of pyridine rings is 1. The van der Waals surface area contributed by atoms with Crippen molar-refractivity contribution in [2.24, 2.45) is 0 Å². The molecule has 4 nitrogen and oxygen atoms in total. The van der Waals surface area contributed by atoms with Gasteiger partial charge in [-0.1, -0.05) is 29.3 Å². The molecule has 1 aliphatic heterocycles. The SMILES string of the molecule is CC1CCN(c2ccc3ccc(Cl)c(Cl)c3n2)CCS1(=O)=O. The Morgan fingerprint density at radius 3 is 2.68 bits per heavy atom. The Labute approximate surface area is 140 Å². The number of aromatic nitrogens is 1. The van der Waals surface area contributed by atoms with Crippen molar-refractivity contribution in [2.45, 2.75) is 18.6 Å². The normalized spacial score (nSPS) is 21.8. The van der Waals surface area contributed by atoms with Gasteiger partial charge in [0.1, 0.15) is 5.82 Å². The molecule has 3 rings (SSSR count). The second kappa shape index (κ2) is 5.87. The fraction of sp³-hybridized carbons (Fsp3) is 0.400. The van der Waals surface area contributed by atoms with E-state index in [9.17, 15) is 8.42 Å². The highest BCUT2D eigenvalue weighted by Crippen LogP contribution is 2.31. The summed E-state index contributed by atoms with van der Waals surface area (Å²) in [5.74, 6) is 0.887. The van der Waals surface area contributed by atoms with E-state index in [1.165, 1.54) is 0 Å². The second-order valence-electron chi connectivity index (χ2n) is 5.56. The lowest BCUT2D eigenvalue weighted by Crippen LogP contribution is -2.27. The predicted octanol–water partition coefficient (Wildman–Crippen LogP) is 3.56. The maximum atomic E-state index is 12.0. The zero-order valence-corrected chi connectivity index (χ0v) is 14.4. The van der Waals surface area contributed by atoms with Gasteiger partial charge in [-0.25, -0.2) is 13.4 Å². The molecule has 1 aromatic carbocycles. The van der Waals surface area contributed by atoms with Gasteiger partial charge in [-0.15, -0.1) is 0 Å². The highest BCUT2D eigenvalue weighted by Gasteiger charge is 2.26. The van der Waals surface area contributed by atoms with E-state index in [0.29, 0.717) is 35.1 Å². The number of sulfone groups is 1. The van der Waals surface area contributed by atoms with Crippen LogP contribution in [-0.2, 0) is 9.84 Å². The zero-order valence-electron chi connectivity index (χ0n) is 12.1. The molecule has 0 bridgehead atoms. The number of rotatable bonds is 1. The van der Waals surface area contributed by atoms with Crippen molar-refractivity contribution in [3.63, 3.8) is 0 Å². The first-order valence-electron chi connectivity index (χ1n) is 7.10. The summed E-state index contributed by atoms with van der Waals surface area (Å²) in [6.07, 6.45) is 0.603. The number of halogens is 2. The Bertz CT molecular complexity index is 824. The standard InChI is InChI=1S/C15H16Cl2N2O2S/c1-10-6-7-19(8-9-22(10,20)21)13-5-3-11-2-4-12(16)14(17)15(11)18-13/h2-5,10H,6-9H2,1H3. The molecule has 2 aromatic rings. The molecule has 1 aromatic heterocycles. The minimum atomic E-state index is -3.01. The predicted molar refractivity (Wildman–Crippen MR) is 91.8 cm³/mol. The zero-order chi connectivity index (χ0) is 15.9. The van der Waals surface area contributed by atoms with Crippen LogP contribution in [-0.4, -0.2) is 37.5 Å². The van der Waals surface area contributed by atoms with E-state index in [-0.39, 0.29) is 11.0 Å². The van der Waals surface area contributed by atoms with Gasteiger partial charge in [-0.2, -0.15) is 0 Å². The molecule has 7 heteroatoms. The van der Waals surface area contributed by atoms with E-state index < -0.39 is 9.84 Å². The molecule has 0 spiro atoms. The van der Waals surface area contributed by atoms with E-state index in [2.05, 4.69) is 4.98 Å². The van der Waals surface area contributed by atoms with E-state index in [1.54, 1.807) is 13.0 Å². The Morgan fingerprint density at radius 2 is 1.91 bits per heavy atom. The van der Waals surface area contributed by atoms with E-state index in [4.69, 9.17) is 23.2 Å². The van der Waals surface area contributed by atoms with Gasteiger partial charge in [0.05, 0.1) is 26.6 Å². The van der Waals surface area contributed by atoms with Crippen molar-refractivity contribution in [1.29, 1.82) is 0 Å². The molecule has 0 aliphatic carbocycles. The Morgan fingerprint density at radius 1 is 1.18 bits per heavy atom. The highest BCUT2D eigenvalue weighted by molar-refractivity contribution is 7.92. The molecule has 1 fully saturated rings. The molecule has 0 N–H and O–H groups in total. The van der Waals surface area contributed by atoms with Crippen molar-refractivity contribution in [3.05, 3.63) is 34.3 Å². The molecule has 22 heavy (non-hydrogen) atoms. The topological polar surface area (TPSA) is 50.3 Å². The number of anilines is 1. The molecular formula is C15H16Cl2N2O2S. The number of hydrogen-bond acceptors (Lipinski definition) is 4. The maximum Gasteiger partial charge on any atom is 0.154 e. The molecule has 1 aliphatic rings. The lowest BCUT2D eigenvalue weighted by atomic mass is 10.2. The Hall–Kier alpha value is -1.04. The van der Waals surface area contributed by atoms with E-state index in [0.717, 1.165) is 11.2 Å². The second-order valence-corrected chi connectivity index (χ2v) is 8.88. The Kier molecular flexibility index (Phi) is 4.23. The summed E-state index contributed by atoms with van der Waals surface area (Å²) in [6.45, 7) is 2.88. The van der Waals surface area contributed by atoms with Crippen molar-refractivity contribution in [3.8, 4) is 0 Å². The van der Waals surface area contributed by atoms with Gasteiger partial charge in [0, 0.05) is 18.5 Å². The van der Waals surface area contributed by atoms with Crippen LogP contribution in [0.5, 0.6) is 0 Å². The minimum absolute atomic E-state index is 0.150. The largest absolute Gasteiger partial charge is 0.356 e. The highest BCUT2D eigenvalue weighted by atomic mass is 35.5. The van der Waals surface area contributed by atoms with Crippen molar-refractivity contribution < 1.29 is 8.42 Å². The smallest absolute Gasteiger partial charge is 0.154 e. The van der Waals surface area contributed by atoms with Crippen LogP contribution >= 0.6 is 23.2 Å². The summed E-state index contributed by atoms with van der Waals surface area (Å²) in [6, 6.07) is 7.45. The third-order valence-corrected chi connectivity index (χ3v) is 7.13. The van der Waals surface area contributed by atoms with Crippen LogP contribution in [0.15, 0.2) is 24.3 Å². The third-order valence-electron chi connectivity index (χ3n) is 4.13. The van der Waals surface area contributed by atoms with Crippen LogP contribution in [0.4, 0.5) is 5.82 Å². The molecule has 0 saturated carbocycles. The van der Waals surface area contributed by atoms with Crippen molar-refractivity contribution in [1.82, 2.24) is 4.98 Å². The summed E-state index contributed by atoms with van der Waals surface area (Å²) < 4.78 is 24.0. The molecule has 1 unspecified atom stereocenters. The number of nitrogens with zero attached hydrogens (tertiary/aromatic N) is 2. The summed E-state index contributed by atoms with van der Waals surface area (Å²) >= 11 is 12.3. The average molecular weight is 359 g/mol. The van der Waals surface area contributed by atoms with Crippen LogP contribution in [0, 0.1) is 0 Å². The first kappa shape index (κ1) is 15.8. The van der Waals surface area contributed by atoms with Crippen LogP contribution in [0.1, 0.15) is 13.3 Å².